The first-order valence-corrected chi connectivity index (χ1v) is 10.6. The van der Waals surface area contributed by atoms with Gasteiger partial charge < -0.3 is 0 Å². The van der Waals surface area contributed by atoms with E-state index in [1.165, 1.54) is 50.2 Å². The molecule has 144 valence electrons. The maximum absolute atomic E-state index is 13.9. The summed E-state index contributed by atoms with van der Waals surface area (Å²) < 4.78 is 13.9. The van der Waals surface area contributed by atoms with Crippen LogP contribution in [0.4, 0.5) is 4.39 Å². The smallest absolute Gasteiger partial charge is 0.141 e. The van der Waals surface area contributed by atoms with Gasteiger partial charge in [0.15, 0.2) is 0 Å². The molecule has 2 aromatic carbocycles. The Labute approximate surface area is 167 Å². The number of nitrogens with zero attached hydrogens (tertiary/aromatic N) is 1. The number of allylic oxidation sites excluding steroid dienone is 2. The number of rotatable bonds is 3. The van der Waals surface area contributed by atoms with Crippen molar-refractivity contribution in [3.63, 3.8) is 0 Å². The molecule has 2 aliphatic carbocycles. The van der Waals surface area contributed by atoms with Gasteiger partial charge in [-0.05, 0) is 97.9 Å². The fourth-order valence-corrected chi connectivity index (χ4v) is 5.41. The Balaban J connectivity index is 1.44. The molecule has 0 amide bonds. The monoisotopic (exact) mass is 373 g/mol. The molecule has 0 bridgehead atoms. The molecule has 2 heteroatoms. The van der Waals surface area contributed by atoms with E-state index < -0.39 is 5.82 Å². The van der Waals surface area contributed by atoms with Gasteiger partial charge in [-0.25, -0.2) is 4.39 Å². The molecule has 0 saturated heterocycles. The number of hydrogen-bond acceptors (Lipinski definition) is 1. The van der Waals surface area contributed by atoms with Gasteiger partial charge in [0.25, 0.3) is 0 Å². The highest BCUT2D eigenvalue weighted by molar-refractivity contribution is 5.65. The molecule has 2 aliphatic rings. The molecular formula is C26H28FN. The van der Waals surface area contributed by atoms with E-state index in [4.69, 9.17) is 5.26 Å². The molecule has 2 fully saturated rings. The topological polar surface area (TPSA) is 23.8 Å². The highest BCUT2D eigenvalue weighted by Gasteiger charge is 2.35. The maximum Gasteiger partial charge on any atom is 0.141 e. The summed E-state index contributed by atoms with van der Waals surface area (Å²) >= 11 is 0. The average Bonchev–Trinajstić information content (AvgIpc) is 2.73. The lowest BCUT2D eigenvalue weighted by Gasteiger charge is -2.41. The quantitative estimate of drug-likeness (QED) is 0.520. The van der Waals surface area contributed by atoms with Gasteiger partial charge in [-0.2, -0.15) is 5.26 Å². The van der Waals surface area contributed by atoms with Crippen molar-refractivity contribution in [3.05, 3.63) is 71.6 Å². The Morgan fingerprint density at radius 3 is 2.36 bits per heavy atom. The molecule has 28 heavy (non-hydrogen) atoms. The van der Waals surface area contributed by atoms with Crippen LogP contribution in [-0.4, -0.2) is 0 Å². The first-order chi connectivity index (χ1) is 13.7. The summed E-state index contributed by atoms with van der Waals surface area (Å²) in [7, 11) is 0. The molecule has 0 spiro atoms. The second-order valence-electron chi connectivity index (χ2n) is 8.56. The Hall–Kier alpha value is -2.40. The van der Waals surface area contributed by atoms with Crippen molar-refractivity contribution in [3.8, 4) is 17.2 Å². The van der Waals surface area contributed by atoms with Crippen molar-refractivity contribution in [1.29, 1.82) is 5.26 Å². The molecule has 4 rings (SSSR count). The Morgan fingerprint density at radius 2 is 1.64 bits per heavy atom. The van der Waals surface area contributed by atoms with Crippen molar-refractivity contribution >= 4 is 0 Å². The number of halogens is 1. The van der Waals surface area contributed by atoms with Gasteiger partial charge in [-0.1, -0.05) is 42.5 Å². The predicted octanol–water partition coefficient (Wildman–Crippen LogP) is 7.24. The van der Waals surface area contributed by atoms with Crippen LogP contribution in [-0.2, 0) is 0 Å². The lowest BCUT2D eigenvalue weighted by molar-refractivity contribution is 0.133. The van der Waals surface area contributed by atoms with Crippen LogP contribution in [0.2, 0.25) is 0 Å². The van der Waals surface area contributed by atoms with Crippen LogP contribution in [0, 0.1) is 34.9 Å². The van der Waals surface area contributed by atoms with E-state index in [1.807, 2.05) is 12.1 Å². The predicted molar refractivity (Wildman–Crippen MR) is 112 cm³/mol. The minimum atomic E-state index is -0.448. The fraction of sp³-hybridized carbons (Fsp3) is 0.423. The highest BCUT2D eigenvalue weighted by Crippen LogP contribution is 2.47. The summed E-state index contributed by atoms with van der Waals surface area (Å²) in [5.41, 5.74) is 3.36. The van der Waals surface area contributed by atoms with Gasteiger partial charge in [-0.15, -0.1) is 0 Å². The van der Waals surface area contributed by atoms with Gasteiger partial charge in [0.05, 0.1) is 5.56 Å². The molecule has 0 radical (unpaired) electrons. The van der Waals surface area contributed by atoms with E-state index in [0.29, 0.717) is 5.92 Å². The van der Waals surface area contributed by atoms with Gasteiger partial charge in [0.1, 0.15) is 11.9 Å². The van der Waals surface area contributed by atoms with Crippen LogP contribution < -0.4 is 0 Å². The zero-order valence-corrected chi connectivity index (χ0v) is 16.6. The van der Waals surface area contributed by atoms with E-state index in [2.05, 4.69) is 43.3 Å². The van der Waals surface area contributed by atoms with Gasteiger partial charge in [0.2, 0.25) is 0 Å². The first kappa shape index (κ1) is 18.9. The molecule has 4 unspecified atom stereocenters. The summed E-state index contributed by atoms with van der Waals surface area (Å²) in [5.74, 6) is 2.80. The van der Waals surface area contributed by atoms with Crippen molar-refractivity contribution in [2.45, 2.75) is 51.4 Å². The second-order valence-corrected chi connectivity index (χ2v) is 8.56. The number of fused-ring (bicyclic) bond motifs is 1. The molecule has 1 nitrogen and oxygen atoms in total. The Bertz CT molecular complexity index is 890. The third kappa shape index (κ3) is 3.90. The SMILES string of the molecule is C/C=C/C1CCC2CC(c3ccc(-c4ccc(C#N)c(F)c4)cc3)CCC2C1. The highest BCUT2D eigenvalue weighted by atomic mass is 19.1. The van der Waals surface area contributed by atoms with Crippen LogP contribution in [0.1, 0.15) is 62.5 Å². The Kier molecular flexibility index (Phi) is 5.62. The minimum Gasteiger partial charge on any atom is -0.206 e. The van der Waals surface area contributed by atoms with Crippen molar-refractivity contribution in [2.24, 2.45) is 17.8 Å². The fourth-order valence-electron chi connectivity index (χ4n) is 5.41. The van der Waals surface area contributed by atoms with Gasteiger partial charge in [-0.3, -0.25) is 0 Å². The number of hydrogen-bond donors (Lipinski definition) is 0. The summed E-state index contributed by atoms with van der Waals surface area (Å²) in [5, 5.41) is 8.89. The molecule has 0 aromatic heterocycles. The second kappa shape index (κ2) is 8.31. The van der Waals surface area contributed by atoms with E-state index >= 15 is 0 Å². The summed E-state index contributed by atoms with van der Waals surface area (Å²) in [4.78, 5) is 0. The molecular weight excluding hydrogens is 345 g/mol. The minimum absolute atomic E-state index is 0.0984. The summed E-state index contributed by atoms with van der Waals surface area (Å²) in [6, 6.07) is 15.4. The van der Waals surface area contributed by atoms with Crippen LogP contribution in [0.25, 0.3) is 11.1 Å². The van der Waals surface area contributed by atoms with Crippen molar-refractivity contribution < 1.29 is 4.39 Å². The number of nitriles is 1. The van der Waals surface area contributed by atoms with Gasteiger partial charge >= 0.3 is 0 Å². The van der Waals surface area contributed by atoms with Gasteiger partial charge in [0, 0.05) is 0 Å². The van der Waals surface area contributed by atoms with Crippen LogP contribution in [0.15, 0.2) is 54.6 Å². The van der Waals surface area contributed by atoms with E-state index in [1.54, 1.807) is 6.07 Å². The molecule has 2 aromatic rings. The zero-order chi connectivity index (χ0) is 19.5. The van der Waals surface area contributed by atoms with Crippen LogP contribution >= 0.6 is 0 Å². The normalized spacial score (nSPS) is 27.3. The standard InChI is InChI=1S/C26H28FN/c1-2-3-18-4-5-23-15-22(11-10-21(23)14-18)19-6-8-20(9-7-19)24-12-13-25(17-28)26(27)16-24/h2-3,6-9,12-13,16,18,21-23H,4-5,10-11,14-15H2,1H3/b3-2+. The lowest BCUT2D eigenvalue weighted by Crippen LogP contribution is -2.30. The largest absolute Gasteiger partial charge is 0.206 e. The van der Waals surface area contributed by atoms with E-state index in [-0.39, 0.29) is 5.56 Å². The average molecular weight is 374 g/mol. The van der Waals surface area contributed by atoms with Crippen LogP contribution in [0.3, 0.4) is 0 Å². The van der Waals surface area contributed by atoms with E-state index in [0.717, 1.165) is 28.9 Å². The summed E-state index contributed by atoms with van der Waals surface area (Å²) in [6.07, 6.45) is 12.7. The molecule has 0 heterocycles. The maximum atomic E-state index is 13.9. The molecule has 0 aliphatic heterocycles. The van der Waals surface area contributed by atoms with Crippen molar-refractivity contribution in [1.82, 2.24) is 0 Å². The van der Waals surface area contributed by atoms with Crippen molar-refractivity contribution in [2.75, 3.05) is 0 Å². The molecule has 0 N–H and O–H groups in total. The lowest BCUT2D eigenvalue weighted by atomic mass is 9.64. The van der Waals surface area contributed by atoms with Crippen LogP contribution in [0.5, 0.6) is 0 Å². The third-order valence-corrected chi connectivity index (χ3v) is 6.92. The summed E-state index contributed by atoms with van der Waals surface area (Å²) in [6.45, 7) is 2.14. The van der Waals surface area contributed by atoms with E-state index in [9.17, 15) is 4.39 Å². The third-order valence-electron chi connectivity index (χ3n) is 6.92. The number of benzene rings is 2. The molecule has 4 atom stereocenters. The first-order valence-electron chi connectivity index (χ1n) is 10.6. The zero-order valence-electron chi connectivity index (χ0n) is 16.6. The Morgan fingerprint density at radius 1 is 0.929 bits per heavy atom. The molecule has 2 saturated carbocycles.